The molecule has 1 N–H and O–H groups in total. The number of sulfonamides is 1. The number of carbonyl (C=O) groups is 1. The van der Waals surface area contributed by atoms with Crippen molar-refractivity contribution in [3.05, 3.63) is 101 Å². The molecule has 2 aromatic carbocycles. The molecule has 0 unspecified atom stereocenters. The highest BCUT2D eigenvalue weighted by Gasteiger charge is 2.13. The van der Waals surface area contributed by atoms with Gasteiger partial charge in [0.1, 0.15) is 0 Å². The van der Waals surface area contributed by atoms with Crippen molar-refractivity contribution in [2.75, 3.05) is 19.6 Å². The largest absolute Gasteiger partial charge is 0.343 e. The van der Waals surface area contributed by atoms with Crippen LogP contribution >= 0.6 is 11.6 Å². The smallest absolute Gasteiger partial charge is 0.240 e. The van der Waals surface area contributed by atoms with Gasteiger partial charge in [-0.05, 0) is 80.1 Å². The highest BCUT2D eigenvalue weighted by Crippen LogP contribution is 2.24. The van der Waals surface area contributed by atoms with Crippen LogP contribution in [0.3, 0.4) is 0 Å². The lowest BCUT2D eigenvalue weighted by molar-refractivity contribution is -0.130. The second-order valence-electron chi connectivity index (χ2n) is 8.62. The number of unbranched alkanes of at least 4 members (excludes halogenated alkanes) is 1. The predicted molar refractivity (Wildman–Crippen MR) is 150 cm³/mol. The third-order valence-corrected chi connectivity index (χ3v) is 7.86. The Kier molecular flexibility index (Phi) is 10.9. The van der Waals surface area contributed by atoms with E-state index < -0.39 is 10.0 Å². The van der Waals surface area contributed by atoms with Gasteiger partial charge in [-0.2, -0.15) is 0 Å². The molecule has 0 saturated heterocycles. The molecule has 0 bridgehead atoms. The lowest BCUT2D eigenvalue weighted by atomic mass is 9.96. The van der Waals surface area contributed by atoms with Crippen molar-refractivity contribution in [3.8, 4) is 0 Å². The molecule has 0 aliphatic carbocycles. The Balaban J connectivity index is 1.64. The fraction of sp³-hybridized carbons (Fsp3) is 0.310. The van der Waals surface area contributed by atoms with Gasteiger partial charge in [0.2, 0.25) is 15.9 Å². The van der Waals surface area contributed by atoms with Gasteiger partial charge in [0, 0.05) is 49.0 Å². The van der Waals surface area contributed by atoms with Gasteiger partial charge in [0.05, 0.1) is 4.90 Å². The molecule has 0 aliphatic heterocycles. The lowest BCUT2D eigenvalue weighted by Gasteiger charge is -2.18. The van der Waals surface area contributed by atoms with Crippen LogP contribution in [0, 0.1) is 0 Å². The summed E-state index contributed by atoms with van der Waals surface area (Å²) in [7, 11) is -3.58. The Morgan fingerprint density at radius 2 is 1.70 bits per heavy atom. The molecule has 37 heavy (non-hydrogen) atoms. The van der Waals surface area contributed by atoms with E-state index in [0.717, 1.165) is 48.2 Å². The number of amides is 1. The van der Waals surface area contributed by atoms with Crippen molar-refractivity contribution < 1.29 is 13.2 Å². The molecule has 8 heteroatoms. The first-order valence-corrected chi connectivity index (χ1v) is 14.4. The van der Waals surface area contributed by atoms with Gasteiger partial charge in [0.15, 0.2) is 0 Å². The van der Waals surface area contributed by atoms with E-state index in [9.17, 15) is 13.2 Å². The van der Waals surface area contributed by atoms with E-state index in [0.29, 0.717) is 17.9 Å². The number of rotatable bonds is 13. The second-order valence-corrected chi connectivity index (χ2v) is 10.8. The number of aromatic nitrogens is 1. The fourth-order valence-electron chi connectivity index (χ4n) is 4.04. The van der Waals surface area contributed by atoms with E-state index in [1.807, 2.05) is 61.3 Å². The van der Waals surface area contributed by atoms with Gasteiger partial charge in [-0.25, -0.2) is 13.1 Å². The molecule has 0 saturated carbocycles. The number of halogens is 1. The average molecular weight is 540 g/mol. The van der Waals surface area contributed by atoms with Crippen LogP contribution < -0.4 is 4.72 Å². The second kappa shape index (κ2) is 14.1. The molecule has 196 valence electrons. The van der Waals surface area contributed by atoms with Crippen LogP contribution in [0.1, 0.15) is 49.8 Å². The van der Waals surface area contributed by atoms with Gasteiger partial charge in [-0.3, -0.25) is 9.78 Å². The minimum atomic E-state index is -3.58. The first kappa shape index (κ1) is 28.6. The predicted octanol–water partition coefficient (Wildman–Crippen LogP) is 5.73. The van der Waals surface area contributed by atoms with Crippen molar-refractivity contribution in [2.24, 2.45) is 0 Å². The van der Waals surface area contributed by atoms with Crippen LogP contribution in [0.4, 0.5) is 0 Å². The Morgan fingerprint density at radius 1 is 1.00 bits per heavy atom. The minimum Gasteiger partial charge on any atom is -0.343 e. The first-order chi connectivity index (χ1) is 17.8. The number of hydrogen-bond acceptors (Lipinski definition) is 4. The molecule has 3 rings (SSSR count). The molecule has 6 nitrogen and oxygen atoms in total. The molecule has 0 radical (unpaired) electrons. The molecular weight excluding hydrogens is 506 g/mol. The standard InChI is InChI=1S/C29H34ClN3O3S/c1-3-33(4-2)29(34)10-6-5-9-28(25-8-7-20-31-22-25)24-13-11-23(12-14-24)19-21-32-37(35,36)27-17-15-26(30)16-18-27/h7-9,11-18,20,22,32H,3-6,10,19,21H2,1-2H3/b28-9-. The Bertz CT molecular complexity index is 1270. The lowest BCUT2D eigenvalue weighted by Crippen LogP contribution is -2.30. The molecule has 0 fully saturated rings. The Labute approximate surface area is 225 Å². The molecule has 0 atom stereocenters. The van der Waals surface area contributed by atoms with Gasteiger partial charge in [-0.1, -0.05) is 48.0 Å². The van der Waals surface area contributed by atoms with Crippen LogP contribution in [0.2, 0.25) is 5.02 Å². The summed E-state index contributed by atoms with van der Waals surface area (Å²) in [5.41, 5.74) is 4.16. The maximum atomic E-state index is 12.5. The molecule has 0 aliphatic rings. The Morgan fingerprint density at radius 3 is 2.32 bits per heavy atom. The number of allylic oxidation sites excluding steroid dienone is 1. The third kappa shape index (κ3) is 8.52. The molecule has 1 aromatic heterocycles. The van der Waals surface area contributed by atoms with Crippen molar-refractivity contribution in [2.45, 2.75) is 44.4 Å². The minimum absolute atomic E-state index is 0.192. The van der Waals surface area contributed by atoms with Crippen molar-refractivity contribution in [1.29, 1.82) is 0 Å². The zero-order chi connectivity index (χ0) is 26.7. The number of nitrogens with zero attached hydrogens (tertiary/aromatic N) is 2. The van der Waals surface area contributed by atoms with Crippen LogP contribution in [-0.2, 0) is 21.2 Å². The van der Waals surface area contributed by atoms with E-state index in [-0.39, 0.29) is 17.3 Å². The summed E-state index contributed by atoms with van der Waals surface area (Å²) in [5, 5.41) is 0.492. The van der Waals surface area contributed by atoms with Crippen LogP contribution in [0.25, 0.3) is 5.57 Å². The zero-order valence-electron chi connectivity index (χ0n) is 21.4. The van der Waals surface area contributed by atoms with E-state index in [1.165, 1.54) is 12.1 Å². The summed E-state index contributed by atoms with van der Waals surface area (Å²) < 4.78 is 27.6. The zero-order valence-corrected chi connectivity index (χ0v) is 22.9. The van der Waals surface area contributed by atoms with E-state index in [4.69, 9.17) is 11.6 Å². The van der Waals surface area contributed by atoms with Crippen LogP contribution in [0.5, 0.6) is 0 Å². The number of carbonyl (C=O) groups excluding carboxylic acids is 1. The average Bonchev–Trinajstić information content (AvgIpc) is 2.91. The van der Waals surface area contributed by atoms with Gasteiger partial charge in [-0.15, -0.1) is 0 Å². The summed E-state index contributed by atoms with van der Waals surface area (Å²) in [6.07, 6.45) is 8.42. The molecule has 1 heterocycles. The first-order valence-electron chi connectivity index (χ1n) is 12.6. The van der Waals surface area contributed by atoms with Gasteiger partial charge in [0.25, 0.3) is 0 Å². The molecule has 0 spiro atoms. The summed E-state index contributed by atoms with van der Waals surface area (Å²) in [6.45, 7) is 5.76. The van der Waals surface area contributed by atoms with Gasteiger partial charge >= 0.3 is 0 Å². The SMILES string of the molecule is CCN(CC)C(=O)CCC/C=C(/c1ccc(CCNS(=O)(=O)c2ccc(Cl)cc2)cc1)c1cccnc1. The van der Waals surface area contributed by atoms with Crippen molar-refractivity contribution in [3.63, 3.8) is 0 Å². The summed E-state index contributed by atoms with van der Waals surface area (Å²) in [5.74, 6) is 0.192. The maximum absolute atomic E-state index is 12.5. The van der Waals surface area contributed by atoms with Crippen molar-refractivity contribution >= 4 is 33.1 Å². The molecule has 3 aromatic rings. The third-order valence-electron chi connectivity index (χ3n) is 6.13. The molecular formula is C29H34ClN3O3S. The van der Waals surface area contributed by atoms with Crippen LogP contribution in [0.15, 0.2) is 84.0 Å². The van der Waals surface area contributed by atoms with E-state index in [2.05, 4.69) is 15.8 Å². The summed E-state index contributed by atoms with van der Waals surface area (Å²) in [4.78, 5) is 18.6. The normalized spacial score (nSPS) is 11.9. The van der Waals surface area contributed by atoms with Gasteiger partial charge < -0.3 is 4.90 Å². The van der Waals surface area contributed by atoms with E-state index >= 15 is 0 Å². The summed E-state index contributed by atoms with van der Waals surface area (Å²) >= 11 is 5.85. The van der Waals surface area contributed by atoms with Crippen molar-refractivity contribution in [1.82, 2.24) is 14.6 Å². The fourth-order valence-corrected chi connectivity index (χ4v) is 5.19. The summed E-state index contributed by atoms with van der Waals surface area (Å²) in [6, 6.07) is 18.2. The number of nitrogens with one attached hydrogen (secondary N) is 1. The maximum Gasteiger partial charge on any atom is 0.240 e. The monoisotopic (exact) mass is 539 g/mol. The number of pyridine rings is 1. The number of benzene rings is 2. The van der Waals surface area contributed by atoms with Crippen LogP contribution in [-0.4, -0.2) is 43.8 Å². The van der Waals surface area contributed by atoms with E-state index in [1.54, 1.807) is 18.3 Å². The highest BCUT2D eigenvalue weighted by atomic mass is 35.5. The topological polar surface area (TPSA) is 79.4 Å². The Hall–Kier alpha value is -3.00. The number of hydrogen-bond donors (Lipinski definition) is 1. The highest BCUT2D eigenvalue weighted by molar-refractivity contribution is 7.89. The quantitative estimate of drug-likeness (QED) is 0.281. The molecule has 1 amide bonds.